The van der Waals surface area contributed by atoms with E-state index in [9.17, 15) is 4.79 Å². The summed E-state index contributed by atoms with van der Waals surface area (Å²) in [5.41, 5.74) is 5.05. The predicted octanol–water partition coefficient (Wildman–Crippen LogP) is 6.26. The Labute approximate surface area is 203 Å². The van der Waals surface area contributed by atoms with Crippen LogP contribution < -0.4 is 5.32 Å². The fourth-order valence-electron chi connectivity index (χ4n) is 3.59. The van der Waals surface area contributed by atoms with E-state index < -0.39 is 0 Å². The second-order valence-corrected chi connectivity index (χ2v) is 9.36. The molecule has 0 unspecified atom stereocenters. The highest BCUT2D eigenvalue weighted by Gasteiger charge is 2.16. The third kappa shape index (κ3) is 5.43. The Morgan fingerprint density at radius 3 is 2.27 bits per heavy atom. The summed E-state index contributed by atoms with van der Waals surface area (Å²) in [6.45, 7) is 6.10. The summed E-state index contributed by atoms with van der Waals surface area (Å²) in [7, 11) is 0. The molecule has 0 aliphatic heterocycles. The lowest BCUT2D eigenvalue weighted by molar-refractivity contribution is -0.116. The average Bonchev–Trinajstić information content (AvgIpc) is 3.11. The van der Waals surface area contributed by atoms with Crippen LogP contribution in [0.5, 0.6) is 0 Å². The minimum atomic E-state index is -0.154. The summed E-state index contributed by atoms with van der Waals surface area (Å²) in [6, 6.07) is 24.3. The Balaban J connectivity index is 1.61. The van der Waals surface area contributed by atoms with Crippen molar-refractivity contribution in [1.82, 2.24) is 14.3 Å². The van der Waals surface area contributed by atoms with Crippen LogP contribution in [0.4, 0.5) is 5.69 Å². The molecule has 33 heavy (non-hydrogen) atoms. The minimum Gasteiger partial charge on any atom is -0.324 e. The topological polar surface area (TPSA) is 51.9 Å². The number of carbonyl (C=O) groups is 1. The van der Waals surface area contributed by atoms with E-state index in [-0.39, 0.29) is 12.5 Å². The first-order valence-electron chi connectivity index (χ1n) is 10.7. The van der Waals surface area contributed by atoms with E-state index in [4.69, 9.17) is 17.3 Å². The first-order valence-corrected chi connectivity index (χ1v) is 12.1. The van der Waals surface area contributed by atoms with Gasteiger partial charge >= 0.3 is 0 Å². The van der Waals surface area contributed by atoms with Crippen LogP contribution in [0.25, 0.3) is 5.69 Å². The van der Waals surface area contributed by atoms with Crippen molar-refractivity contribution in [3.05, 3.63) is 100 Å². The van der Waals surface area contributed by atoms with E-state index >= 15 is 0 Å². The van der Waals surface area contributed by atoms with Gasteiger partial charge in [0.1, 0.15) is 12.4 Å². The molecule has 0 aliphatic rings. The smallest absolute Gasteiger partial charge is 0.246 e. The molecule has 1 heterocycles. The Kier molecular flexibility index (Phi) is 7.11. The molecule has 1 amide bonds. The standard InChI is InChI=1S/C26H26N4OS2/c1-18-12-14-22(15-13-18)33-17-23-28-29(26(32)30(23)21-10-5-4-6-11-21)16-24(31)27-25-19(2)8-7-9-20(25)3/h4-15H,16-17H2,1-3H3,(H,27,31). The van der Waals surface area contributed by atoms with Gasteiger partial charge in [-0.1, -0.05) is 54.1 Å². The predicted molar refractivity (Wildman–Crippen MR) is 138 cm³/mol. The van der Waals surface area contributed by atoms with Gasteiger partial charge < -0.3 is 5.32 Å². The number of amides is 1. The number of carbonyl (C=O) groups excluding carboxylic acids is 1. The van der Waals surface area contributed by atoms with Crippen LogP contribution in [0.15, 0.2) is 77.7 Å². The van der Waals surface area contributed by atoms with Crippen LogP contribution in [0, 0.1) is 25.5 Å². The van der Waals surface area contributed by atoms with Crippen LogP contribution >= 0.6 is 24.0 Å². The van der Waals surface area contributed by atoms with Crippen molar-refractivity contribution in [2.24, 2.45) is 0 Å². The highest BCUT2D eigenvalue weighted by Crippen LogP contribution is 2.25. The van der Waals surface area contributed by atoms with Crippen LogP contribution in [0.3, 0.4) is 0 Å². The van der Waals surface area contributed by atoms with Gasteiger partial charge in [-0.05, 0) is 68.4 Å². The van der Waals surface area contributed by atoms with Crippen LogP contribution in [-0.4, -0.2) is 20.3 Å². The number of nitrogens with zero attached hydrogens (tertiary/aromatic N) is 3. The molecule has 0 spiro atoms. The molecular weight excluding hydrogens is 448 g/mol. The zero-order valence-electron chi connectivity index (χ0n) is 18.9. The quantitative estimate of drug-likeness (QED) is 0.254. The summed E-state index contributed by atoms with van der Waals surface area (Å²) >= 11 is 7.45. The van der Waals surface area contributed by atoms with Gasteiger partial charge in [0, 0.05) is 16.3 Å². The van der Waals surface area contributed by atoms with Gasteiger partial charge in [-0.3, -0.25) is 9.36 Å². The van der Waals surface area contributed by atoms with Gasteiger partial charge in [0.15, 0.2) is 0 Å². The molecule has 0 atom stereocenters. The van der Waals surface area contributed by atoms with Crippen molar-refractivity contribution >= 4 is 35.6 Å². The Hall–Kier alpha value is -3.16. The highest BCUT2D eigenvalue weighted by molar-refractivity contribution is 7.98. The van der Waals surface area contributed by atoms with Crippen LogP contribution in [-0.2, 0) is 17.1 Å². The Morgan fingerprint density at radius 2 is 1.61 bits per heavy atom. The number of nitrogens with one attached hydrogen (secondary N) is 1. The average molecular weight is 475 g/mol. The fourth-order valence-corrected chi connectivity index (χ4v) is 4.72. The molecule has 4 rings (SSSR count). The van der Waals surface area contributed by atoms with Crippen molar-refractivity contribution < 1.29 is 4.79 Å². The van der Waals surface area contributed by atoms with E-state index in [2.05, 4.69) is 36.5 Å². The Morgan fingerprint density at radius 1 is 0.939 bits per heavy atom. The van der Waals surface area contributed by atoms with E-state index in [1.807, 2.05) is 66.9 Å². The molecule has 0 aliphatic carbocycles. The number of aryl methyl sites for hydroxylation is 3. The molecule has 1 N–H and O–H groups in total. The largest absolute Gasteiger partial charge is 0.324 e. The van der Waals surface area contributed by atoms with Gasteiger partial charge in [0.25, 0.3) is 0 Å². The lowest BCUT2D eigenvalue weighted by Gasteiger charge is -2.11. The SMILES string of the molecule is Cc1ccc(SCc2nn(CC(=O)Nc3c(C)cccc3C)c(=S)n2-c2ccccc2)cc1. The molecule has 168 valence electrons. The van der Waals surface area contributed by atoms with Crippen molar-refractivity contribution in [2.75, 3.05) is 5.32 Å². The summed E-state index contributed by atoms with van der Waals surface area (Å²) < 4.78 is 4.05. The van der Waals surface area contributed by atoms with Gasteiger partial charge in [-0.15, -0.1) is 11.8 Å². The second-order valence-electron chi connectivity index (χ2n) is 7.94. The normalized spacial score (nSPS) is 10.9. The number of aromatic nitrogens is 3. The van der Waals surface area contributed by atoms with Crippen molar-refractivity contribution in [2.45, 2.75) is 38.0 Å². The third-order valence-corrected chi connectivity index (χ3v) is 6.75. The number of hydrogen-bond acceptors (Lipinski definition) is 4. The van der Waals surface area contributed by atoms with E-state index in [1.54, 1.807) is 16.4 Å². The van der Waals surface area contributed by atoms with Crippen molar-refractivity contribution in [3.8, 4) is 5.69 Å². The summed E-state index contributed by atoms with van der Waals surface area (Å²) in [4.78, 5) is 14.0. The number of para-hydroxylation sites is 2. The second kappa shape index (κ2) is 10.2. The first kappa shape index (κ1) is 23.0. The van der Waals surface area contributed by atoms with Gasteiger partial charge in [0.05, 0.1) is 5.75 Å². The maximum absolute atomic E-state index is 12.9. The number of hydrogen-bond donors (Lipinski definition) is 1. The fraction of sp³-hybridized carbons (Fsp3) is 0.192. The van der Waals surface area contributed by atoms with Crippen molar-refractivity contribution in [3.63, 3.8) is 0 Å². The molecule has 0 radical (unpaired) electrons. The van der Waals surface area contributed by atoms with E-state index in [0.29, 0.717) is 10.5 Å². The van der Waals surface area contributed by atoms with Crippen molar-refractivity contribution in [1.29, 1.82) is 0 Å². The summed E-state index contributed by atoms with van der Waals surface area (Å²) in [5, 5.41) is 7.76. The zero-order chi connectivity index (χ0) is 23.4. The third-order valence-electron chi connectivity index (χ3n) is 5.35. The number of benzene rings is 3. The maximum atomic E-state index is 12.9. The van der Waals surface area contributed by atoms with E-state index in [0.717, 1.165) is 33.2 Å². The monoisotopic (exact) mass is 474 g/mol. The maximum Gasteiger partial charge on any atom is 0.246 e. The lowest BCUT2D eigenvalue weighted by atomic mass is 10.1. The van der Waals surface area contributed by atoms with Gasteiger partial charge in [-0.2, -0.15) is 5.10 Å². The van der Waals surface area contributed by atoms with Crippen LogP contribution in [0.1, 0.15) is 22.5 Å². The van der Waals surface area contributed by atoms with Gasteiger partial charge in [0.2, 0.25) is 10.7 Å². The molecule has 3 aromatic carbocycles. The molecule has 0 bridgehead atoms. The molecule has 4 aromatic rings. The summed E-state index contributed by atoms with van der Waals surface area (Å²) in [6.07, 6.45) is 0. The molecule has 0 saturated heterocycles. The molecule has 0 fully saturated rings. The highest BCUT2D eigenvalue weighted by atomic mass is 32.2. The molecule has 5 nitrogen and oxygen atoms in total. The number of rotatable bonds is 7. The van der Waals surface area contributed by atoms with Crippen LogP contribution in [0.2, 0.25) is 0 Å². The number of thioether (sulfide) groups is 1. The lowest BCUT2D eigenvalue weighted by Crippen LogP contribution is -2.21. The van der Waals surface area contributed by atoms with E-state index in [1.165, 1.54) is 5.56 Å². The van der Waals surface area contributed by atoms with Gasteiger partial charge in [-0.25, -0.2) is 4.68 Å². The zero-order valence-corrected chi connectivity index (χ0v) is 20.5. The molecule has 0 saturated carbocycles. The number of anilines is 1. The molecule has 1 aromatic heterocycles. The molecular formula is C26H26N4OS2. The molecule has 7 heteroatoms. The Bertz CT molecular complexity index is 1300. The minimum absolute atomic E-state index is 0.0502. The summed E-state index contributed by atoms with van der Waals surface area (Å²) in [5.74, 6) is 1.28. The first-order chi connectivity index (χ1) is 15.9.